The van der Waals surface area contributed by atoms with Crippen LogP contribution in [0.2, 0.25) is 0 Å². The summed E-state index contributed by atoms with van der Waals surface area (Å²) >= 11 is 0. The first-order valence-electron chi connectivity index (χ1n) is 12.8. The molecule has 190 valence electrons. The maximum atomic E-state index is 13.3. The Labute approximate surface area is 216 Å². The van der Waals surface area contributed by atoms with E-state index >= 15 is 0 Å². The van der Waals surface area contributed by atoms with Gasteiger partial charge in [-0.2, -0.15) is 5.10 Å². The maximum absolute atomic E-state index is 13.3. The van der Waals surface area contributed by atoms with Crippen LogP contribution in [0.15, 0.2) is 48.5 Å². The van der Waals surface area contributed by atoms with Crippen LogP contribution >= 0.6 is 0 Å². The van der Waals surface area contributed by atoms with Gasteiger partial charge in [-0.1, -0.05) is 42.0 Å². The number of nitrogens with one attached hydrogen (secondary N) is 1. The molecule has 37 heavy (non-hydrogen) atoms. The number of hydrogen-bond acceptors (Lipinski definition) is 5. The number of nitrogens with zero attached hydrogens (tertiary/aromatic N) is 3. The molecule has 0 saturated heterocycles. The van der Waals surface area contributed by atoms with Crippen LogP contribution in [0, 0.1) is 20.8 Å². The standard InChI is InChI=1S/C30H32N4O3/c1-19-13-14-27-24(15-19)29(23-11-7-8-12-26(23)32-27)30(36)37-18-28(35)31-16-25-20(2)33-34(21(25)3)17-22-9-5-4-6-10-22/h4-6,9-10,13-15H,7-8,11-12,16-18H2,1-3H3,(H,31,35). The van der Waals surface area contributed by atoms with E-state index in [0.717, 1.165) is 75.9 Å². The Kier molecular flexibility index (Phi) is 7.04. The molecule has 7 nitrogen and oxygen atoms in total. The van der Waals surface area contributed by atoms with Crippen LogP contribution in [0.1, 0.15) is 62.5 Å². The molecular weight excluding hydrogens is 464 g/mol. The van der Waals surface area contributed by atoms with Gasteiger partial charge in [0, 0.05) is 28.9 Å². The Morgan fingerprint density at radius 2 is 1.81 bits per heavy atom. The minimum absolute atomic E-state index is 0.329. The highest BCUT2D eigenvalue weighted by atomic mass is 16.5. The molecule has 0 bridgehead atoms. The van der Waals surface area contributed by atoms with E-state index in [-0.39, 0.29) is 12.5 Å². The molecule has 0 radical (unpaired) electrons. The number of benzene rings is 2. The molecule has 2 heterocycles. The Morgan fingerprint density at radius 3 is 2.62 bits per heavy atom. The molecule has 5 rings (SSSR count). The van der Waals surface area contributed by atoms with Crippen molar-refractivity contribution in [3.8, 4) is 0 Å². The van der Waals surface area contributed by atoms with Crippen molar-refractivity contribution in [1.82, 2.24) is 20.1 Å². The van der Waals surface area contributed by atoms with Crippen LogP contribution in [0.3, 0.4) is 0 Å². The van der Waals surface area contributed by atoms with E-state index in [4.69, 9.17) is 9.72 Å². The summed E-state index contributed by atoms with van der Waals surface area (Å²) in [5, 5.41) is 8.33. The maximum Gasteiger partial charge on any atom is 0.339 e. The summed E-state index contributed by atoms with van der Waals surface area (Å²) in [6, 6.07) is 16.1. The van der Waals surface area contributed by atoms with Crippen LogP contribution in [-0.4, -0.2) is 33.2 Å². The highest BCUT2D eigenvalue weighted by Gasteiger charge is 2.24. The zero-order valence-electron chi connectivity index (χ0n) is 21.6. The molecule has 2 aromatic carbocycles. The van der Waals surface area contributed by atoms with Crippen molar-refractivity contribution < 1.29 is 14.3 Å². The molecule has 2 aromatic heterocycles. The Hall–Kier alpha value is -4.00. The van der Waals surface area contributed by atoms with Crippen molar-refractivity contribution in [2.75, 3.05) is 6.61 Å². The Balaban J connectivity index is 1.26. The number of aromatic nitrogens is 3. The number of pyridine rings is 1. The molecule has 1 amide bonds. The van der Waals surface area contributed by atoms with Gasteiger partial charge in [0.1, 0.15) is 0 Å². The third-order valence-electron chi connectivity index (χ3n) is 7.12. The zero-order chi connectivity index (χ0) is 25.9. The van der Waals surface area contributed by atoms with E-state index < -0.39 is 5.97 Å². The van der Waals surface area contributed by atoms with Gasteiger partial charge in [0.2, 0.25) is 0 Å². The lowest BCUT2D eigenvalue weighted by Crippen LogP contribution is -2.29. The van der Waals surface area contributed by atoms with E-state index in [1.807, 2.05) is 61.9 Å². The van der Waals surface area contributed by atoms with Crippen LogP contribution in [0.4, 0.5) is 0 Å². The van der Waals surface area contributed by atoms with Crippen molar-refractivity contribution in [2.24, 2.45) is 0 Å². The molecule has 0 unspecified atom stereocenters. The first-order chi connectivity index (χ1) is 17.9. The Morgan fingerprint density at radius 1 is 1.03 bits per heavy atom. The first kappa shape index (κ1) is 24.7. The molecule has 4 aromatic rings. The average Bonchev–Trinajstić information content (AvgIpc) is 3.16. The zero-order valence-corrected chi connectivity index (χ0v) is 21.6. The van der Waals surface area contributed by atoms with Gasteiger partial charge in [-0.3, -0.25) is 14.5 Å². The SMILES string of the molecule is Cc1ccc2nc3c(c(C(=O)OCC(=O)NCc4c(C)nn(Cc5ccccc5)c4C)c2c1)CCCC3. The molecule has 1 N–H and O–H groups in total. The fourth-order valence-corrected chi connectivity index (χ4v) is 5.11. The molecule has 0 saturated carbocycles. The highest BCUT2D eigenvalue weighted by molar-refractivity contribution is 6.05. The number of carbonyl (C=O) groups is 2. The molecule has 0 aliphatic heterocycles. The topological polar surface area (TPSA) is 86.1 Å². The summed E-state index contributed by atoms with van der Waals surface area (Å²) in [6.45, 7) is 6.60. The van der Waals surface area contributed by atoms with Crippen LogP contribution in [0.5, 0.6) is 0 Å². The van der Waals surface area contributed by atoms with Gasteiger partial charge in [0.15, 0.2) is 6.61 Å². The lowest BCUT2D eigenvalue weighted by atomic mass is 9.89. The largest absolute Gasteiger partial charge is 0.452 e. The van der Waals surface area contributed by atoms with Crippen molar-refractivity contribution in [3.63, 3.8) is 0 Å². The van der Waals surface area contributed by atoms with E-state index in [1.165, 1.54) is 0 Å². The Bertz CT molecular complexity index is 1470. The van der Waals surface area contributed by atoms with Gasteiger partial charge >= 0.3 is 5.97 Å². The number of carbonyl (C=O) groups excluding carboxylic acids is 2. The quantitative estimate of drug-likeness (QED) is 0.373. The molecule has 0 atom stereocenters. The summed E-state index contributed by atoms with van der Waals surface area (Å²) in [7, 11) is 0. The van der Waals surface area contributed by atoms with Crippen molar-refractivity contribution >= 4 is 22.8 Å². The van der Waals surface area contributed by atoms with Crippen molar-refractivity contribution in [1.29, 1.82) is 0 Å². The average molecular weight is 497 g/mol. The molecule has 0 fully saturated rings. The summed E-state index contributed by atoms with van der Waals surface area (Å²) in [5.41, 5.74) is 8.35. The fourth-order valence-electron chi connectivity index (χ4n) is 5.11. The lowest BCUT2D eigenvalue weighted by Gasteiger charge is -2.20. The summed E-state index contributed by atoms with van der Waals surface area (Å²) in [5.74, 6) is -0.805. The second kappa shape index (κ2) is 10.5. The normalized spacial score (nSPS) is 12.8. The number of rotatable bonds is 7. The van der Waals surface area contributed by atoms with Crippen molar-refractivity contribution in [3.05, 3.63) is 93.4 Å². The predicted molar refractivity (Wildman–Crippen MR) is 142 cm³/mol. The number of esters is 1. The molecule has 1 aliphatic rings. The monoisotopic (exact) mass is 496 g/mol. The number of amides is 1. The lowest BCUT2D eigenvalue weighted by molar-refractivity contribution is -0.124. The van der Waals surface area contributed by atoms with Gasteiger partial charge in [0.25, 0.3) is 5.91 Å². The van der Waals surface area contributed by atoms with Gasteiger partial charge in [0.05, 0.1) is 23.3 Å². The van der Waals surface area contributed by atoms with E-state index in [1.54, 1.807) is 0 Å². The summed E-state index contributed by atoms with van der Waals surface area (Å²) < 4.78 is 7.49. The van der Waals surface area contributed by atoms with Crippen LogP contribution in [-0.2, 0) is 35.5 Å². The molecule has 1 aliphatic carbocycles. The smallest absolute Gasteiger partial charge is 0.339 e. The van der Waals surface area contributed by atoms with E-state index in [0.29, 0.717) is 18.7 Å². The predicted octanol–water partition coefficient (Wildman–Crippen LogP) is 4.76. The minimum atomic E-state index is -0.464. The van der Waals surface area contributed by atoms with Crippen LogP contribution in [0.25, 0.3) is 10.9 Å². The number of aryl methyl sites for hydroxylation is 3. The third kappa shape index (κ3) is 5.26. The summed E-state index contributed by atoms with van der Waals surface area (Å²) in [4.78, 5) is 30.7. The highest BCUT2D eigenvalue weighted by Crippen LogP contribution is 2.30. The number of ether oxygens (including phenoxy) is 1. The van der Waals surface area contributed by atoms with Crippen LogP contribution < -0.4 is 5.32 Å². The van der Waals surface area contributed by atoms with Crippen molar-refractivity contribution in [2.45, 2.75) is 59.5 Å². The second-order valence-electron chi connectivity index (χ2n) is 9.79. The molecule has 0 spiro atoms. The number of hydrogen-bond donors (Lipinski definition) is 1. The third-order valence-corrected chi connectivity index (χ3v) is 7.12. The first-order valence-corrected chi connectivity index (χ1v) is 12.8. The van der Waals surface area contributed by atoms with Gasteiger partial charge < -0.3 is 10.1 Å². The van der Waals surface area contributed by atoms with Gasteiger partial charge in [-0.05, 0) is 69.7 Å². The number of fused-ring (bicyclic) bond motifs is 2. The van der Waals surface area contributed by atoms with Gasteiger partial charge in [-0.25, -0.2) is 4.79 Å². The van der Waals surface area contributed by atoms with E-state index in [2.05, 4.69) is 22.5 Å². The minimum Gasteiger partial charge on any atom is -0.452 e. The van der Waals surface area contributed by atoms with Gasteiger partial charge in [-0.15, -0.1) is 0 Å². The fraction of sp³-hybridized carbons (Fsp3) is 0.333. The second-order valence-corrected chi connectivity index (χ2v) is 9.79. The van der Waals surface area contributed by atoms with E-state index in [9.17, 15) is 9.59 Å². The molecular formula is C30H32N4O3. The molecule has 7 heteroatoms. The summed E-state index contributed by atoms with van der Waals surface area (Å²) in [6.07, 6.45) is 3.74.